The third kappa shape index (κ3) is 3.07. The number of benzene rings is 1. The van der Waals surface area contributed by atoms with E-state index in [-0.39, 0.29) is 0 Å². The first-order chi connectivity index (χ1) is 10.6. The van der Waals surface area contributed by atoms with Gasteiger partial charge in [0.25, 0.3) is 0 Å². The third-order valence-corrected chi connectivity index (χ3v) is 4.17. The minimum absolute atomic E-state index is 0.392. The van der Waals surface area contributed by atoms with Crippen molar-refractivity contribution in [2.24, 2.45) is 7.05 Å². The second kappa shape index (κ2) is 6.11. The van der Waals surface area contributed by atoms with Crippen LogP contribution in [-0.4, -0.2) is 20.7 Å². The SMILES string of the molecule is C[C@H](OC(=O)c1cnn(C)c1)c1nc(-c2ccccc2)cs1. The van der Waals surface area contributed by atoms with E-state index in [1.807, 2.05) is 42.6 Å². The van der Waals surface area contributed by atoms with Gasteiger partial charge in [-0.05, 0) is 6.92 Å². The normalized spacial score (nSPS) is 12.1. The van der Waals surface area contributed by atoms with Crippen LogP contribution in [0.2, 0.25) is 0 Å². The molecule has 0 radical (unpaired) electrons. The van der Waals surface area contributed by atoms with Gasteiger partial charge in [-0.15, -0.1) is 11.3 Å². The lowest BCUT2D eigenvalue weighted by Gasteiger charge is -2.09. The van der Waals surface area contributed by atoms with Gasteiger partial charge in [-0.25, -0.2) is 9.78 Å². The summed E-state index contributed by atoms with van der Waals surface area (Å²) in [5, 5.41) is 6.71. The van der Waals surface area contributed by atoms with Crippen LogP contribution >= 0.6 is 11.3 Å². The summed E-state index contributed by atoms with van der Waals surface area (Å²) in [6.07, 6.45) is 2.73. The fraction of sp³-hybridized carbons (Fsp3) is 0.188. The molecule has 6 heteroatoms. The van der Waals surface area contributed by atoms with Crippen LogP contribution in [0.5, 0.6) is 0 Å². The predicted molar refractivity (Wildman–Crippen MR) is 84.6 cm³/mol. The van der Waals surface area contributed by atoms with E-state index in [4.69, 9.17) is 4.74 Å². The van der Waals surface area contributed by atoms with Crippen molar-refractivity contribution in [1.29, 1.82) is 0 Å². The maximum Gasteiger partial charge on any atom is 0.342 e. The monoisotopic (exact) mass is 313 g/mol. The van der Waals surface area contributed by atoms with E-state index in [0.717, 1.165) is 16.3 Å². The van der Waals surface area contributed by atoms with Crippen molar-refractivity contribution in [2.45, 2.75) is 13.0 Å². The van der Waals surface area contributed by atoms with Crippen molar-refractivity contribution in [3.05, 3.63) is 58.7 Å². The van der Waals surface area contributed by atoms with E-state index < -0.39 is 12.1 Å². The average Bonchev–Trinajstić information content (AvgIpc) is 3.17. The molecule has 0 aliphatic rings. The highest BCUT2D eigenvalue weighted by Gasteiger charge is 2.18. The van der Waals surface area contributed by atoms with Gasteiger partial charge >= 0.3 is 5.97 Å². The van der Waals surface area contributed by atoms with E-state index in [1.165, 1.54) is 17.5 Å². The molecule has 112 valence electrons. The summed E-state index contributed by atoms with van der Waals surface area (Å²) in [4.78, 5) is 16.6. The molecule has 0 bridgehead atoms. The van der Waals surface area contributed by atoms with Gasteiger partial charge in [-0.1, -0.05) is 30.3 Å². The van der Waals surface area contributed by atoms with Crippen molar-refractivity contribution in [2.75, 3.05) is 0 Å². The molecule has 2 aromatic heterocycles. The maximum absolute atomic E-state index is 12.0. The number of aryl methyl sites for hydroxylation is 1. The van der Waals surface area contributed by atoms with Crippen molar-refractivity contribution >= 4 is 17.3 Å². The summed E-state index contributed by atoms with van der Waals surface area (Å²) in [5.41, 5.74) is 2.38. The van der Waals surface area contributed by atoms with Gasteiger partial charge in [0.05, 0.1) is 17.5 Å². The average molecular weight is 313 g/mol. The van der Waals surface area contributed by atoms with E-state index in [1.54, 1.807) is 17.9 Å². The number of hydrogen-bond acceptors (Lipinski definition) is 5. The summed E-state index contributed by atoms with van der Waals surface area (Å²) in [5.74, 6) is -0.392. The molecule has 0 fully saturated rings. The second-order valence-corrected chi connectivity index (χ2v) is 5.78. The van der Waals surface area contributed by atoms with E-state index in [0.29, 0.717) is 5.56 Å². The zero-order valence-corrected chi connectivity index (χ0v) is 13.1. The zero-order valence-electron chi connectivity index (χ0n) is 12.3. The first kappa shape index (κ1) is 14.5. The summed E-state index contributed by atoms with van der Waals surface area (Å²) >= 11 is 1.49. The Balaban J connectivity index is 1.72. The van der Waals surface area contributed by atoms with Crippen LogP contribution in [0.15, 0.2) is 48.1 Å². The topological polar surface area (TPSA) is 57.0 Å². The largest absolute Gasteiger partial charge is 0.452 e. The predicted octanol–water partition coefficient (Wildman–Crippen LogP) is 3.46. The Morgan fingerprint density at radius 3 is 2.77 bits per heavy atom. The van der Waals surface area contributed by atoms with Gasteiger partial charge < -0.3 is 4.74 Å². The number of carbonyl (C=O) groups is 1. The lowest BCUT2D eigenvalue weighted by atomic mass is 10.2. The smallest absolute Gasteiger partial charge is 0.342 e. The zero-order chi connectivity index (χ0) is 15.5. The van der Waals surface area contributed by atoms with Crippen LogP contribution in [-0.2, 0) is 11.8 Å². The molecule has 0 amide bonds. The quantitative estimate of drug-likeness (QED) is 0.692. The van der Waals surface area contributed by atoms with Gasteiger partial charge in [0.15, 0.2) is 6.10 Å². The molecule has 5 nitrogen and oxygen atoms in total. The minimum atomic E-state index is -0.393. The lowest BCUT2D eigenvalue weighted by Crippen LogP contribution is -2.08. The number of nitrogens with zero attached hydrogens (tertiary/aromatic N) is 3. The molecule has 22 heavy (non-hydrogen) atoms. The summed E-state index contributed by atoms with van der Waals surface area (Å²) < 4.78 is 7.01. The molecular weight excluding hydrogens is 298 g/mol. The number of aromatic nitrogens is 3. The molecule has 0 aliphatic carbocycles. The summed E-state index contributed by atoms with van der Waals surface area (Å²) in [7, 11) is 1.76. The molecule has 0 unspecified atom stereocenters. The van der Waals surface area contributed by atoms with Crippen LogP contribution in [0.4, 0.5) is 0 Å². The van der Waals surface area contributed by atoms with Crippen molar-refractivity contribution in [1.82, 2.24) is 14.8 Å². The Hall–Kier alpha value is -2.47. The Kier molecular flexibility index (Phi) is 4.02. The highest BCUT2D eigenvalue weighted by Crippen LogP contribution is 2.27. The molecule has 0 saturated heterocycles. The van der Waals surface area contributed by atoms with Crippen molar-refractivity contribution < 1.29 is 9.53 Å². The summed E-state index contributed by atoms with van der Waals surface area (Å²) in [6.45, 7) is 1.82. The fourth-order valence-electron chi connectivity index (χ4n) is 2.02. The Labute approximate surface area is 132 Å². The first-order valence-electron chi connectivity index (χ1n) is 6.84. The fourth-order valence-corrected chi connectivity index (χ4v) is 2.83. The standard InChI is InChI=1S/C16H15N3O2S/c1-11(21-16(20)13-8-17-19(2)9-13)15-18-14(10-22-15)12-6-4-3-5-7-12/h3-11H,1-2H3/t11-/m0/s1. The Bertz CT molecular complexity index is 780. The van der Waals surface area contributed by atoms with Gasteiger partial charge in [0, 0.05) is 24.2 Å². The van der Waals surface area contributed by atoms with Crippen LogP contribution in [0, 0.1) is 0 Å². The second-order valence-electron chi connectivity index (χ2n) is 4.89. The number of hydrogen-bond donors (Lipinski definition) is 0. The molecule has 0 spiro atoms. The Morgan fingerprint density at radius 1 is 1.32 bits per heavy atom. The molecule has 3 rings (SSSR count). The van der Waals surface area contributed by atoms with E-state index in [9.17, 15) is 4.79 Å². The lowest BCUT2D eigenvalue weighted by molar-refractivity contribution is 0.0337. The number of thiazole rings is 1. The Morgan fingerprint density at radius 2 is 2.09 bits per heavy atom. The number of rotatable bonds is 4. The van der Waals surface area contributed by atoms with Gasteiger partial charge in [-0.2, -0.15) is 5.10 Å². The van der Waals surface area contributed by atoms with Crippen LogP contribution < -0.4 is 0 Å². The molecule has 1 atom stereocenters. The molecule has 3 aromatic rings. The van der Waals surface area contributed by atoms with E-state index in [2.05, 4.69) is 10.1 Å². The molecule has 0 saturated carbocycles. The molecular formula is C16H15N3O2S. The van der Waals surface area contributed by atoms with Crippen LogP contribution in [0.1, 0.15) is 28.4 Å². The van der Waals surface area contributed by atoms with Gasteiger partial charge in [-0.3, -0.25) is 4.68 Å². The molecule has 0 aliphatic heterocycles. The van der Waals surface area contributed by atoms with Crippen molar-refractivity contribution in [3.8, 4) is 11.3 Å². The van der Waals surface area contributed by atoms with Gasteiger partial charge in [0.2, 0.25) is 0 Å². The molecule has 2 heterocycles. The van der Waals surface area contributed by atoms with Gasteiger partial charge in [0.1, 0.15) is 5.01 Å². The third-order valence-electron chi connectivity index (χ3n) is 3.16. The van der Waals surface area contributed by atoms with Crippen LogP contribution in [0.25, 0.3) is 11.3 Å². The molecule has 1 aromatic carbocycles. The number of carbonyl (C=O) groups excluding carboxylic acids is 1. The summed E-state index contributed by atoms with van der Waals surface area (Å²) in [6, 6.07) is 9.92. The highest BCUT2D eigenvalue weighted by atomic mass is 32.1. The molecule has 0 N–H and O–H groups in total. The highest BCUT2D eigenvalue weighted by molar-refractivity contribution is 7.10. The number of ether oxygens (including phenoxy) is 1. The van der Waals surface area contributed by atoms with Crippen molar-refractivity contribution in [3.63, 3.8) is 0 Å². The first-order valence-corrected chi connectivity index (χ1v) is 7.72. The number of esters is 1. The van der Waals surface area contributed by atoms with E-state index >= 15 is 0 Å². The van der Waals surface area contributed by atoms with Crippen LogP contribution in [0.3, 0.4) is 0 Å². The minimum Gasteiger partial charge on any atom is -0.452 e. The maximum atomic E-state index is 12.0.